The number of hydrogen-bond donors (Lipinski definition) is 0. The van der Waals surface area contributed by atoms with Crippen LogP contribution in [0.1, 0.15) is 154 Å². The second-order valence-electron chi connectivity index (χ2n) is 13.4. The maximum absolute atomic E-state index is 6.23. The number of halogens is 6. The van der Waals surface area contributed by atoms with Crippen molar-refractivity contribution in [1.82, 2.24) is 0 Å². The van der Waals surface area contributed by atoms with Crippen LogP contribution < -0.4 is 0 Å². The topological polar surface area (TPSA) is 46.2 Å². The average molecular weight is 854 g/mol. The zero-order chi connectivity index (χ0) is 36.2. The highest BCUT2D eigenvalue weighted by molar-refractivity contribution is 7.67. The smallest absolute Gasteiger partial charge is 0.344 e. The molecule has 0 aliphatic heterocycles. The van der Waals surface area contributed by atoms with E-state index in [1.807, 2.05) is 0 Å². The summed E-state index contributed by atoms with van der Waals surface area (Å²) in [7, 11) is 1.71. The van der Waals surface area contributed by atoms with E-state index in [-0.39, 0.29) is 5.54 Å². The van der Waals surface area contributed by atoms with Gasteiger partial charge in [-0.3, -0.25) is 0 Å². The molecule has 1 atom stereocenters. The Hall–Kier alpha value is 1.97. The van der Waals surface area contributed by atoms with Crippen molar-refractivity contribution in [3.63, 3.8) is 0 Å². The van der Waals surface area contributed by atoms with E-state index in [1.54, 1.807) is 7.11 Å². The molecule has 49 heavy (non-hydrogen) atoms. The normalized spacial score (nSPS) is 13.0. The third-order valence-corrected chi connectivity index (χ3v) is 15.6. The number of methoxy groups -OCH3 is 1. The lowest BCUT2D eigenvalue weighted by Gasteiger charge is -2.24. The summed E-state index contributed by atoms with van der Waals surface area (Å²) in [6, 6.07) is -5.18. The summed E-state index contributed by atoms with van der Waals surface area (Å²) < 4.78 is 27.9. The Labute approximate surface area is 332 Å². The summed E-state index contributed by atoms with van der Waals surface area (Å²) in [4.78, 5) is 0. The summed E-state index contributed by atoms with van der Waals surface area (Å²) in [6.07, 6.45) is 28.9. The SMILES string of the molecule is COCCOCCCCCCCCOCCCCCCOCCCCCCCCOCCCCCCCCCC(C[Si](Cl)(Cl)Cl)[Si](Cl)(Cl)Cl. The molecule has 0 aromatic rings. The summed E-state index contributed by atoms with van der Waals surface area (Å²) in [5, 5.41) is 0. The molecule has 0 aliphatic carbocycles. The van der Waals surface area contributed by atoms with E-state index in [0.29, 0.717) is 19.3 Å². The second-order valence-corrected chi connectivity index (χ2v) is 31.6. The summed E-state index contributed by atoms with van der Waals surface area (Å²) in [5.74, 6) is 0. The van der Waals surface area contributed by atoms with Crippen LogP contribution in [0.5, 0.6) is 0 Å². The Morgan fingerprint density at radius 3 is 0.878 bits per heavy atom. The molecule has 0 aromatic carbocycles. The fourth-order valence-electron chi connectivity index (χ4n) is 5.68. The first-order valence-corrected chi connectivity index (χ1v) is 30.0. The van der Waals surface area contributed by atoms with Gasteiger partial charge in [-0.25, -0.2) is 0 Å². The van der Waals surface area contributed by atoms with Crippen LogP contribution in [0, 0.1) is 0 Å². The highest BCUT2D eigenvalue weighted by atomic mass is 35.8. The van der Waals surface area contributed by atoms with Gasteiger partial charge in [-0.15, -0.1) is 66.5 Å². The molecule has 0 aliphatic rings. The van der Waals surface area contributed by atoms with E-state index >= 15 is 0 Å². The minimum atomic E-state index is -2.85. The van der Waals surface area contributed by atoms with E-state index in [9.17, 15) is 0 Å². The van der Waals surface area contributed by atoms with Gasteiger partial charge in [-0.05, 0) is 63.0 Å². The number of rotatable bonds is 41. The molecule has 13 heteroatoms. The maximum atomic E-state index is 6.23. The molecule has 0 saturated carbocycles. The second kappa shape index (κ2) is 38.3. The van der Waals surface area contributed by atoms with Gasteiger partial charge in [0, 0.05) is 53.4 Å². The molecule has 0 saturated heterocycles. The van der Waals surface area contributed by atoms with Gasteiger partial charge in [0.2, 0.25) is 0 Å². The summed E-state index contributed by atoms with van der Waals surface area (Å²) in [6.45, 7) is 7.68. The standard InChI is InChI=1S/C36H72Cl6O5Si2/c1-43-33-34-47-32-22-14-8-7-13-21-29-46-31-24-16-15-23-30-45-28-20-12-6-5-11-19-27-44-26-18-10-4-2-3-9-17-25-36(49(40,41)42)35-48(37,38)39/h36H,2-35H2,1H3. The van der Waals surface area contributed by atoms with Crippen LogP contribution >= 0.6 is 66.5 Å². The first-order valence-electron chi connectivity index (χ1n) is 19.6. The van der Waals surface area contributed by atoms with Crippen LogP contribution in [-0.4, -0.2) is 78.6 Å². The van der Waals surface area contributed by atoms with Crippen LogP contribution in [0.2, 0.25) is 11.6 Å². The highest BCUT2D eigenvalue weighted by Gasteiger charge is 2.42. The van der Waals surface area contributed by atoms with Gasteiger partial charge in [-0.2, -0.15) is 0 Å². The van der Waals surface area contributed by atoms with E-state index in [4.69, 9.17) is 90.2 Å². The van der Waals surface area contributed by atoms with Crippen LogP contribution in [0.15, 0.2) is 0 Å². The van der Waals surface area contributed by atoms with Crippen molar-refractivity contribution in [2.75, 3.05) is 66.6 Å². The Kier molecular flexibility index (Phi) is 39.8. The van der Waals surface area contributed by atoms with Crippen LogP contribution in [0.25, 0.3) is 0 Å². The lowest BCUT2D eigenvalue weighted by Crippen LogP contribution is -2.25. The van der Waals surface area contributed by atoms with Crippen LogP contribution in [0.3, 0.4) is 0 Å². The molecule has 0 fully saturated rings. The Morgan fingerprint density at radius 1 is 0.347 bits per heavy atom. The molecule has 0 spiro atoms. The van der Waals surface area contributed by atoms with E-state index in [1.165, 1.54) is 122 Å². The van der Waals surface area contributed by atoms with Gasteiger partial charge in [0.1, 0.15) is 0 Å². The monoisotopic (exact) mass is 850 g/mol. The highest BCUT2D eigenvalue weighted by Crippen LogP contribution is 2.45. The largest absolute Gasteiger partial charge is 0.382 e. The Bertz CT molecular complexity index is 662. The molecule has 0 heterocycles. The van der Waals surface area contributed by atoms with Crippen LogP contribution in [0.4, 0.5) is 0 Å². The predicted octanol–water partition coefficient (Wildman–Crippen LogP) is 13.7. The van der Waals surface area contributed by atoms with Gasteiger partial charge < -0.3 is 23.7 Å². The zero-order valence-corrected chi connectivity index (χ0v) is 37.5. The van der Waals surface area contributed by atoms with Crippen molar-refractivity contribution < 1.29 is 23.7 Å². The van der Waals surface area contributed by atoms with Crippen molar-refractivity contribution in [2.45, 2.75) is 166 Å². The first kappa shape index (κ1) is 51.0. The van der Waals surface area contributed by atoms with Gasteiger partial charge in [0.05, 0.1) is 13.2 Å². The van der Waals surface area contributed by atoms with Gasteiger partial charge in [0.25, 0.3) is 0 Å². The molecule has 0 rings (SSSR count). The number of unbranched alkanes of at least 4 members (excludes halogenated alkanes) is 19. The molecular weight excluding hydrogens is 781 g/mol. The average Bonchev–Trinajstić information content (AvgIpc) is 3.04. The van der Waals surface area contributed by atoms with Crippen molar-refractivity contribution >= 4 is 78.5 Å². The van der Waals surface area contributed by atoms with E-state index in [0.717, 1.165) is 78.4 Å². The zero-order valence-electron chi connectivity index (χ0n) is 30.9. The lowest BCUT2D eigenvalue weighted by atomic mass is 10.1. The third-order valence-electron chi connectivity index (χ3n) is 8.70. The van der Waals surface area contributed by atoms with Gasteiger partial charge >= 0.3 is 12.0 Å². The number of hydrogen-bond acceptors (Lipinski definition) is 5. The fourth-order valence-corrected chi connectivity index (χ4v) is 14.7. The van der Waals surface area contributed by atoms with E-state index < -0.39 is 12.0 Å². The van der Waals surface area contributed by atoms with Gasteiger partial charge in [0.15, 0.2) is 0 Å². The Balaban J connectivity index is 3.20. The predicted molar refractivity (Wildman–Crippen MR) is 221 cm³/mol. The first-order chi connectivity index (χ1) is 23.7. The van der Waals surface area contributed by atoms with Crippen molar-refractivity contribution in [3.8, 4) is 0 Å². The van der Waals surface area contributed by atoms with Crippen LogP contribution in [-0.2, 0) is 23.7 Å². The minimum absolute atomic E-state index is 0.0552. The quantitative estimate of drug-likeness (QED) is 0.0348. The third kappa shape index (κ3) is 42.6. The molecule has 0 amide bonds. The molecule has 1 unspecified atom stereocenters. The van der Waals surface area contributed by atoms with Crippen molar-refractivity contribution in [3.05, 3.63) is 0 Å². The maximum Gasteiger partial charge on any atom is 0.344 e. The molecule has 0 radical (unpaired) electrons. The fraction of sp³-hybridized carbons (Fsp3) is 1.00. The number of ether oxygens (including phenoxy) is 5. The molecule has 5 nitrogen and oxygen atoms in total. The molecular formula is C36H72Cl6O5Si2. The molecule has 0 aromatic heterocycles. The Morgan fingerprint density at radius 2 is 0.612 bits per heavy atom. The lowest BCUT2D eigenvalue weighted by molar-refractivity contribution is 0.0685. The van der Waals surface area contributed by atoms with Crippen molar-refractivity contribution in [2.24, 2.45) is 0 Å². The minimum Gasteiger partial charge on any atom is -0.382 e. The van der Waals surface area contributed by atoms with E-state index in [2.05, 4.69) is 0 Å². The van der Waals surface area contributed by atoms with Gasteiger partial charge in [-0.1, -0.05) is 103 Å². The molecule has 296 valence electrons. The summed E-state index contributed by atoms with van der Waals surface area (Å²) in [5.41, 5.74) is -0.0552. The molecule has 0 N–H and O–H groups in total. The molecule has 0 bridgehead atoms. The van der Waals surface area contributed by atoms with Crippen molar-refractivity contribution in [1.29, 1.82) is 0 Å². The summed E-state index contributed by atoms with van der Waals surface area (Å²) >= 11 is 36.9.